The standard InChI is InChI=1S/C17H28N4/c1-4-18-17(19-11-14-5-6-14)20-12-15-7-9-16(10-8-15)13-21(2)3/h7-10,14H,4-6,11-13H2,1-3H3,(H2,18,19,20). The van der Waals surface area contributed by atoms with Crippen molar-refractivity contribution in [1.82, 2.24) is 15.5 Å². The lowest BCUT2D eigenvalue weighted by atomic mass is 10.1. The van der Waals surface area contributed by atoms with Crippen molar-refractivity contribution in [2.75, 3.05) is 27.2 Å². The Morgan fingerprint density at radius 3 is 2.38 bits per heavy atom. The fourth-order valence-electron chi connectivity index (χ4n) is 2.19. The molecule has 2 N–H and O–H groups in total. The summed E-state index contributed by atoms with van der Waals surface area (Å²) >= 11 is 0. The summed E-state index contributed by atoms with van der Waals surface area (Å²) < 4.78 is 0. The van der Waals surface area contributed by atoms with E-state index in [4.69, 9.17) is 0 Å². The van der Waals surface area contributed by atoms with Crippen LogP contribution in [-0.4, -0.2) is 38.0 Å². The predicted octanol–water partition coefficient (Wildman–Crippen LogP) is 2.21. The number of guanidine groups is 1. The molecule has 4 nitrogen and oxygen atoms in total. The van der Waals surface area contributed by atoms with Gasteiger partial charge in [0.05, 0.1) is 6.54 Å². The second-order valence-corrected chi connectivity index (χ2v) is 6.07. The molecular weight excluding hydrogens is 260 g/mol. The fourth-order valence-corrected chi connectivity index (χ4v) is 2.19. The largest absolute Gasteiger partial charge is 0.357 e. The van der Waals surface area contributed by atoms with E-state index in [-0.39, 0.29) is 0 Å². The SMILES string of the molecule is CCNC(=NCc1ccc(CN(C)C)cc1)NCC1CC1. The van der Waals surface area contributed by atoms with Crippen LogP contribution in [0, 0.1) is 5.92 Å². The Hall–Kier alpha value is -1.55. The van der Waals surface area contributed by atoms with E-state index in [2.05, 4.69) is 65.8 Å². The van der Waals surface area contributed by atoms with Gasteiger partial charge in [-0.1, -0.05) is 24.3 Å². The summed E-state index contributed by atoms with van der Waals surface area (Å²) in [5.74, 6) is 1.79. The van der Waals surface area contributed by atoms with Gasteiger partial charge in [-0.2, -0.15) is 0 Å². The highest BCUT2D eigenvalue weighted by atomic mass is 15.2. The molecule has 0 atom stereocenters. The first kappa shape index (κ1) is 15.8. The number of hydrogen-bond donors (Lipinski definition) is 2. The first-order valence-corrected chi connectivity index (χ1v) is 7.92. The van der Waals surface area contributed by atoms with Crippen LogP contribution in [0.4, 0.5) is 0 Å². The zero-order valence-electron chi connectivity index (χ0n) is 13.5. The number of nitrogens with one attached hydrogen (secondary N) is 2. The van der Waals surface area contributed by atoms with Gasteiger partial charge in [-0.05, 0) is 50.9 Å². The molecule has 1 aliphatic carbocycles. The molecule has 0 spiro atoms. The quantitative estimate of drug-likeness (QED) is 0.597. The van der Waals surface area contributed by atoms with E-state index in [1.807, 2.05) is 0 Å². The summed E-state index contributed by atoms with van der Waals surface area (Å²) in [6.45, 7) is 5.76. The van der Waals surface area contributed by atoms with E-state index in [1.165, 1.54) is 24.0 Å². The minimum absolute atomic E-state index is 0.724. The second kappa shape index (κ2) is 8.03. The third kappa shape index (κ3) is 6.17. The van der Waals surface area contributed by atoms with Crippen LogP contribution in [0.5, 0.6) is 0 Å². The molecular formula is C17H28N4. The van der Waals surface area contributed by atoms with E-state index >= 15 is 0 Å². The number of hydrogen-bond acceptors (Lipinski definition) is 2. The highest BCUT2D eigenvalue weighted by Crippen LogP contribution is 2.27. The van der Waals surface area contributed by atoms with E-state index in [1.54, 1.807) is 0 Å². The van der Waals surface area contributed by atoms with E-state index in [0.29, 0.717) is 0 Å². The molecule has 1 aromatic rings. The third-order valence-electron chi connectivity index (χ3n) is 3.54. The van der Waals surface area contributed by atoms with E-state index < -0.39 is 0 Å². The second-order valence-electron chi connectivity index (χ2n) is 6.07. The number of nitrogens with zero attached hydrogens (tertiary/aromatic N) is 2. The van der Waals surface area contributed by atoms with Gasteiger partial charge in [-0.15, -0.1) is 0 Å². The highest BCUT2D eigenvalue weighted by Gasteiger charge is 2.20. The summed E-state index contributed by atoms with van der Waals surface area (Å²) in [7, 11) is 4.18. The van der Waals surface area contributed by atoms with Crippen molar-refractivity contribution in [1.29, 1.82) is 0 Å². The molecule has 116 valence electrons. The molecule has 1 aliphatic rings. The first-order chi connectivity index (χ1) is 10.2. The topological polar surface area (TPSA) is 39.7 Å². The maximum absolute atomic E-state index is 4.66. The van der Waals surface area contributed by atoms with Crippen LogP contribution in [0.1, 0.15) is 30.9 Å². The predicted molar refractivity (Wildman–Crippen MR) is 89.4 cm³/mol. The highest BCUT2D eigenvalue weighted by molar-refractivity contribution is 5.79. The van der Waals surface area contributed by atoms with Crippen molar-refractivity contribution in [3.63, 3.8) is 0 Å². The zero-order valence-corrected chi connectivity index (χ0v) is 13.5. The Labute approximate surface area is 128 Å². The lowest BCUT2D eigenvalue weighted by Gasteiger charge is -2.11. The molecule has 21 heavy (non-hydrogen) atoms. The van der Waals surface area contributed by atoms with E-state index in [0.717, 1.165) is 38.1 Å². The lowest BCUT2D eigenvalue weighted by molar-refractivity contribution is 0.402. The molecule has 1 aromatic carbocycles. The Balaban J connectivity index is 1.86. The van der Waals surface area contributed by atoms with Crippen LogP contribution in [0.2, 0.25) is 0 Å². The third-order valence-corrected chi connectivity index (χ3v) is 3.54. The summed E-state index contributed by atoms with van der Waals surface area (Å²) in [5.41, 5.74) is 2.59. The normalized spacial score (nSPS) is 15.3. The molecule has 0 bridgehead atoms. The molecule has 0 heterocycles. The number of aliphatic imine (C=N–C) groups is 1. The van der Waals surface area contributed by atoms with Crippen molar-refractivity contribution < 1.29 is 0 Å². The fraction of sp³-hybridized carbons (Fsp3) is 0.588. The summed E-state index contributed by atoms with van der Waals surface area (Å²) in [5, 5.41) is 6.73. The molecule has 2 rings (SSSR count). The Bertz CT molecular complexity index is 446. The van der Waals surface area contributed by atoms with Gasteiger partial charge in [0, 0.05) is 19.6 Å². The summed E-state index contributed by atoms with van der Waals surface area (Å²) in [6, 6.07) is 8.73. The maximum atomic E-state index is 4.66. The van der Waals surface area contributed by atoms with Crippen molar-refractivity contribution in [3.8, 4) is 0 Å². The van der Waals surface area contributed by atoms with Crippen LogP contribution in [-0.2, 0) is 13.1 Å². The van der Waals surface area contributed by atoms with Crippen LogP contribution in [0.25, 0.3) is 0 Å². The minimum atomic E-state index is 0.724. The van der Waals surface area contributed by atoms with Crippen molar-refractivity contribution >= 4 is 5.96 Å². The molecule has 0 radical (unpaired) electrons. The zero-order chi connectivity index (χ0) is 15.1. The molecule has 0 unspecified atom stereocenters. The van der Waals surface area contributed by atoms with Gasteiger partial charge in [-0.25, -0.2) is 4.99 Å². The Kier molecular flexibility index (Phi) is 6.05. The van der Waals surface area contributed by atoms with Crippen molar-refractivity contribution in [3.05, 3.63) is 35.4 Å². The Morgan fingerprint density at radius 2 is 1.81 bits per heavy atom. The van der Waals surface area contributed by atoms with Gasteiger partial charge < -0.3 is 15.5 Å². The summed E-state index contributed by atoms with van der Waals surface area (Å²) in [6.07, 6.45) is 2.72. The molecule has 4 heteroatoms. The van der Waals surface area contributed by atoms with Crippen molar-refractivity contribution in [2.24, 2.45) is 10.9 Å². The average molecular weight is 288 g/mol. The van der Waals surface area contributed by atoms with Crippen LogP contribution < -0.4 is 10.6 Å². The Morgan fingerprint density at radius 1 is 1.14 bits per heavy atom. The van der Waals surface area contributed by atoms with Crippen LogP contribution >= 0.6 is 0 Å². The lowest BCUT2D eigenvalue weighted by Crippen LogP contribution is -2.38. The van der Waals surface area contributed by atoms with Gasteiger partial charge in [-0.3, -0.25) is 0 Å². The molecule has 0 amide bonds. The molecule has 0 saturated heterocycles. The average Bonchev–Trinajstić information content (AvgIpc) is 3.27. The molecule has 1 saturated carbocycles. The summed E-state index contributed by atoms with van der Waals surface area (Å²) in [4.78, 5) is 6.84. The minimum Gasteiger partial charge on any atom is -0.357 e. The van der Waals surface area contributed by atoms with Gasteiger partial charge in [0.15, 0.2) is 5.96 Å². The first-order valence-electron chi connectivity index (χ1n) is 7.92. The van der Waals surface area contributed by atoms with Crippen molar-refractivity contribution in [2.45, 2.75) is 32.9 Å². The molecule has 1 fully saturated rings. The molecule has 0 aliphatic heterocycles. The number of benzene rings is 1. The van der Waals surface area contributed by atoms with E-state index in [9.17, 15) is 0 Å². The number of rotatable bonds is 7. The van der Waals surface area contributed by atoms with Crippen LogP contribution in [0.3, 0.4) is 0 Å². The maximum Gasteiger partial charge on any atom is 0.191 e. The van der Waals surface area contributed by atoms with Gasteiger partial charge in [0.25, 0.3) is 0 Å². The van der Waals surface area contributed by atoms with Crippen LogP contribution in [0.15, 0.2) is 29.3 Å². The van der Waals surface area contributed by atoms with Gasteiger partial charge >= 0.3 is 0 Å². The smallest absolute Gasteiger partial charge is 0.191 e. The van der Waals surface area contributed by atoms with Gasteiger partial charge in [0.2, 0.25) is 0 Å². The monoisotopic (exact) mass is 288 g/mol. The van der Waals surface area contributed by atoms with Gasteiger partial charge in [0.1, 0.15) is 0 Å². The molecule has 0 aromatic heterocycles.